The summed E-state index contributed by atoms with van der Waals surface area (Å²) in [5, 5.41) is 0. The molecule has 2 spiro atoms. The smallest absolute Gasteiger partial charge is 0.310 e. The number of Topliss-reactive ketones (excluding diaryl/α,β-unsaturated/α-hetero) is 1. The second-order valence-corrected chi connectivity index (χ2v) is 11.0. The Hall–Kier alpha value is -1.65. The Kier molecular flexibility index (Phi) is 3.34. The molecular weight excluding hydrogens is 368 g/mol. The lowest BCUT2D eigenvalue weighted by Crippen LogP contribution is -2.59. The number of allylic oxidation sites excluding steroid dienone is 1. The third-order valence-corrected chi connectivity index (χ3v) is 10.1. The van der Waals surface area contributed by atoms with Crippen LogP contribution < -0.4 is 0 Å². The molecule has 0 aromatic carbocycles. The SMILES string of the molecule is C[C@]12CC=C3[C@@H]([C@H]4C[C@]5(CC(=O)CC[C@]35C)OC4=O)[C@@H]1CC[C@@]21CCCC(=O)O1. The lowest BCUT2D eigenvalue weighted by Gasteiger charge is -2.59. The minimum absolute atomic E-state index is 0.0615. The summed E-state index contributed by atoms with van der Waals surface area (Å²) in [4.78, 5) is 37.6. The molecule has 0 aromatic rings. The Morgan fingerprint density at radius 2 is 1.83 bits per heavy atom. The maximum atomic E-state index is 13.1. The van der Waals surface area contributed by atoms with E-state index in [1.807, 2.05) is 0 Å². The third-order valence-electron chi connectivity index (χ3n) is 10.1. The number of ether oxygens (including phenoxy) is 2. The molecule has 0 aromatic heterocycles. The van der Waals surface area contributed by atoms with Crippen molar-refractivity contribution in [2.45, 2.75) is 89.3 Å². The number of carbonyl (C=O) groups excluding carboxylic acids is 3. The van der Waals surface area contributed by atoms with Crippen LogP contribution in [0.15, 0.2) is 11.6 Å². The molecule has 5 fully saturated rings. The van der Waals surface area contributed by atoms with Gasteiger partial charge in [0, 0.05) is 36.5 Å². The lowest BCUT2D eigenvalue weighted by atomic mass is 9.45. The molecule has 156 valence electrons. The molecule has 2 heterocycles. The van der Waals surface area contributed by atoms with Gasteiger partial charge < -0.3 is 9.47 Å². The van der Waals surface area contributed by atoms with E-state index >= 15 is 0 Å². The highest BCUT2D eigenvalue weighted by Gasteiger charge is 2.73. The average Bonchev–Trinajstić information content (AvgIpc) is 3.11. The van der Waals surface area contributed by atoms with Gasteiger partial charge in [-0.3, -0.25) is 14.4 Å². The third kappa shape index (κ3) is 1.96. The van der Waals surface area contributed by atoms with Crippen LogP contribution in [0, 0.1) is 28.6 Å². The van der Waals surface area contributed by atoms with Gasteiger partial charge in [-0.25, -0.2) is 0 Å². The second-order valence-electron chi connectivity index (χ2n) is 11.0. The van der Waals surface area contributed by atoms with Crippen LogP contribution in [0.4, 0.5) is 0 Å². The molecule has 7 atom stereocenters. The second kappa shape index (κ2) is 5.33. The lowest BCUT2D eigenvalue weighted by molar-refractivity contribution is -0.187. The highest BCUT2D eigenvalue weighted by atomic mass is 16.6. The van der Waals surface area contributed by atoms with Crippen molar-refractivity contribution in [1.29, 1.82) is 0 Å². The highest BCUT2D eigenvalue weighted by molar-refractivity contribution is 5.85. The van der Waals surface area contributed by atoms with Crippen LogP contribution in [0.1, 0.15) is 78.1 Å². The largest absolute Gasteiger partial charge is 0.458 e. The maximum Gasteiger partial charge on any atom is 0.310 e. The van der Waals surface area contributed by atoms with Crippen LogP contribution in [-0.2, 0) is 23.9 Å². The van der Waals surface area contributed by atoms with E-state index in [1.54, 1.807) is 0 Å². The molecule has 4 aliphatic carbocycles. The zero-order valence-electron chi connectivity index (χ0n) is 17.4. The van der Waals surface area contributed by atoms with Gasteiger partial charge >= 0.3 is 11.9 Å². The van der Waals surface area contributed by atoms with E-state index < -0.39 is 5.60 Å². The Morgan fingerprint density at radius 1 is 1.00 bits per heavy atom. The van der Waals surface area contributed by atoms with E-state index in [4.69, 9.17) is 9.47 Å². The monoisotopic (exact) mass is 398 g/mol. The zero-order valence-corrected chi connectivity index (χ0v) is 17.4. The van der Waals surface area contributed by atoms with Gasteiger partial charge in [0.05, 0.1) is 5.92 Å². The van der Waals surface area contributed by atoms with Crippen LogP contribution in [0.2, 0.25) is 0 Å². The van der Waals surface area contributed by atoms with E-state index in [2.05, 4.69) is 19.9 Å². The van der Waals surface area contributed by atoms with Gasteiger partial charge in [0.1, 0.15) is 17.0 Å². The van der Waals surface area contributed by atoms with E-state index in [9.17, 15) is 14.4 Å². The molecule has 2 aliphatic heterocycles. The molecule has 5 nitrogen and oxygen atoms in total. The van der Waals surface area contributed by atoms with E-state index in [-0.39, 0.29) is 46.0 Å². The Balaban J connectivity index is 1.47. The number of ketones is 1. The fraction of sp³-hybridized carbons (Fsp3) is 0.792. The molecule has 0 radical (unpaired) electrons. The fourth-order valence-corrected chi connectivity index (χ4v) is 8.52. The molecule has 6 rings (SSSR count). The van der Waals surface area contributed by atoms with E-state index in [0.717, 1.165) is 38.5 Å². The van der Waals surface area contributed by atoms with Gasteiger partial charge in [-0.15, -0.1) is 0 Å². The van der Waals surface area contributed by atoms with Gasteiger partial charge in [0.2, 0.25) is 0 Å². The van der Waals surface area contributed by atoms with Crippen LogP contribution in [0.5, 0.6) is 0 Å². The summed E-state index contributed by atoms with van der Waals surface area (Å²) in [6, 6.07) is 0. The molecule has 0 unspecified atom stereocenters. The van der Waals surface area contributed by atoms with Gasteiger partial charge in [-0.2, -0.15) is 0 Å². The minimum Gasteiger partial charge on any atom is -0.458 e. The number of carbonyl (C=O) groups is 3. The normalized spacial score (nSPS) is 53.0. The summed E-state index contributed by atoms with van der Waals surface area (Å²) < 4.78 is 12.2. The van der Waals surface area contributed by atoms with E-state index in [1.165, 1.54) is 5.57 Å². The molecule has 0 N–H and O–H groups in total. The Bertz CT molecular complexity index is 874. The Morgan fingerprint density at radius 3 is 2.62 bits per heavy atom. The first-order valence-corrected chi connectivity index (χ1v) is 11.4. The summed E-state index contributed by atoms with van der Waals surface area (Å²) in [5.41, 5.74) is -0.00698. The fourth-order valence-electron chi connectivity index (χ4n) is 8.52. The average molecular weight is 398 g/mol. The predicted molar refractivity (Wildman–Crippen MR) is 104 cm³/mol. The van der Waals surface area contributed by atoms with Crippen molar-refractivity contribution in [3.05, 3.63) is 11.6 Å². The van der Waals surface area contributed by atoms with Crippen LogP contribution in [-0.4, -0.2) is 28.9 Å². The maximum absolute atomic E-state index is 13.1. The van der Waals surface area contributed by atoms with Crippen molar-refractivity contribution < 1.29 is 23.9 Å². The summed E-state index contributed by atoms with van der Waals surface area (Å²) in [6.45, 7) is 4.53. The van der Waals surface area contributed by atoms with Crippen molar-refractivity contribution in [2.24, 2.45) is 28.6 Å². The molecular formula is C24H30O5. The van der Waals surface area contributed by atoms with Gasteiger partial charge in [0.15, 0.2) is 0 Å². The number of fused-ring (bicyclic) bond motifs is 7. The summed E-state index contributed by atoms with van der Waals surface area (Å²) >= 11 is 0. The standard InChI is InChI=1S/C24H30O5/c1-21-10-6-16-19(17(21)7-11-23(21)8-3-4-18(26)28-23)15-13-24(29-20(15)27)12-14(25)5-9-22(16,24)2/h6,15,17,19H,3-5,7-13H2,1-2H3/t15-,17+,19-,21+,22-,23+,24+/m1/s1. The number of esters is 2. The van der Waals surface area contributed by atoms with Crippen molar-refractivity contribution in [2.75, 3.05) is 0 Å². The van der Waals surface area contributed by atoms with Gasteiger partial charge in [-0.1, -0.05) is 25.5 Å². The summed E-state index contributed by atoms with van der Waals surface area (Å²) in [7, 11) is 0. The predicted octanol–water partition coefficient (Wildman–Crippen LogP) is 3.89. The van der Waals surface area contributed by atoms with Crippen molar-refractivity contribution in [3.63, 3.8) is 0 Å². The number of hydrogen-bond acceptors (Lipinski definition) is 5. The molecule has 6 aliphatic rings. The van der Waals surface area contributed by atoms with Gasteiger partial charge in [-0.05, 0) is 50.4 Å². The first-order valence-electron chi connectivity index (χ1n) is 11.4. The van der Waals surface area contributed by atoms with E-state index in [0.29, 0.717) is 31.6 Å². The Labute approximate surface area is 171 Å². The zero-order chi connectivity index (χ0) is 20.2. The molecule has 2 bridgehead atoms. The van der Waals surface area contributed by atoms with Crippen molar-refractivity contribution in [3.8, 4) is 0 Å². The summed E-state index contributed by atoms with van der Waals surface area (Å²) in [6.07, 6.45) is 9.92. The molecule has 3 saturated carbocycles. The van der Waals surface area contributed by atoms with Crippen LogP contribution in [0.3, 0.4) is 0 Å². The number of rotatable bonds is 0. The molecule has 29 heavy (non-hydrogen) atoms. The first-order chi connectivity index (χ1) is 13.7. The number of hydrogen-bond donors (Lipinski definition) is 0. The van der Waals surface area contributed by atoms with Gasteiger partial charge in [0.25, 0.3) is 0 Å². The van der Waals surface area contributed by atoms with Crippen LogP contribution >= 0.6 is 0 Å². The van der Waals surface area contributed by atoms with Crippen molar-refractivity contribution in [1.82, 2.24) is 0 Å². The molecule has 0 amide bonds. The first kappa shape index (κ1) is 18.1. The quantitative estimate of drug-likeness (QED) is 0.457. The van der Waals surface area contributed by atoms with Crippen LogP contribution in [0.25, 0.3) is 0 Å². The highest BCUT2D eigenvalue weighted by Crippen LogP contribution is 2.72. The molecule has 2 saturated heterocycles. The summed E-state index contributed by atoms with van der Waals surface area (Å²) in [5.74, 6) is 0.397. The topological polar surface area (TPSA) is 69.7 Å². The molecule has 5 heteroatoms. The minimum atomic E-state index is -0.631. The van der Waals surface area contributed by atoms with Crippen molar-refractivity contribution >= 4 is 17.7 Å².